The van der Waals surface area contributed by atoms with Gasteiger partial charge in [0.25, 0.3) is 11.5 Å². The van der Waals surface area contributed by atoms with Gasteiger partial charge >= 0.3 is 6.03 Å². The van der Waals surface area contributed by atoms with Crippen LogP contribution in [0.5, 0.6) is 5.75 Å². The predicted octanol–water partition coefficient (Wildman–Crippen LogP) is 1.36. The summed E-state index contributed by atoms with van der Waals surface area (Å²) in [7, 11) is 1.58. The average molecular weight is 465 g/mol. The van der Waals surface area contributed by atoms with E-state index in [-0.39, 0.29) is 42.2 Å². The molecule has 0 saturated carbocycles. The highest BCUT2D eigenvalue weighted by atomic mass is 16.5. The second-order valence-corrected chi connectivity index (χ2v) is 9.25. The lowest BCUT2D eigenvalue weighted by Gasteiger charge is -2.43. The number of nitrogens with zero attached hydrogens (tertiary/aromatic N) is 3. The van der Waals surface area contributed by atoms with Crippen molar-refractivity contribution in [3.05, 3.63) is 64.1 Å². The monoisotopic (exact) mass is 464 g/mol. The number of pyridine rings is 1. The quantitative estimate of drug-likeness (QED) is 0.651. The topological polar surface area (TPSA) is 101 Å². The lowest BCUT2D eigenvalue weighted by atomic mass is 9.83. The van der Waals surface area contributed by atoms with Gasteiger partial charge in [0.2, 0.25) is 5.91 Å². The summed E-state index contributed by atoms with van der Waals surface area (Å²) < 4.78 is 7.16. The molecule has 1 aromatic carbocycles. The molecule has 34 heavy (non-hydrogen) atoms. The third-order valence-corrected chi connectivity index (χ3v) is 7.12. The number of carbonyl (C=O) groups is 3. The van der Waals surface area contributed by atoms with Crippen LogP contribution in [0.25, 0.3) is 0 Å². The maximum Gasteiger partial charge on any atom is 0.324 e. The molecule has 9 nitrogen and oxygen atoms in total. The summed E-state index contributed by atoms with van der Waals surface area (Å²) in [5.41, 5.74) is 1.87. The number of nitrogens with one attached hydrogen (secondary N) is 1. The zero-order chi connectivity index (χ0) is 23.8. The molecule has 9 heteroatoms. The number of hydrogen-bond acceptors (Lipinski definition) is 5. The van der Waals surface area contributed by atoms with E-state index in [0.717, 1.165) is 17.7 Å². The Hall–Kier alpha value is -3.62. The smallest absolute Gasteiger partial charge is 0.324 e. The molecule has 2 bridgehead atoms. The highest BCUT2D eigenvalue weighted by Crippen LogP contribution is 2.35. The number of hydrogen-bond donors (Lipinski definition) is 1. The maximum absolute atomic E-state index is 13.1. The van der Waals surface area contributed by atoms with Gasteiger partial charge in [0.15, 0.2) is 0 Å². The van der Waals surface area contributed by atoms with E-state index in [1.807, 2.05) is 34.9 Å². The molecule has 1 N–H and O–H groups in total. The molecule has 1 aromatic heterocycles. The normalized spacial score (nSPS) is 23.5. The second kappa shape index (κ2) is 8.96. The van der Waals surface area contributed by atoms with Crippen molar-refractivity contribution in [3.8, 4) is 5.75 Å². The molecule has 3 aliphatic rings. The van der Waals surface area contributed by atoms with E-state index in [2.05, 4.69) is 5.32 Å². The van der Waals surface area contributed by atoms with Gasteiger partial charge in [0, 0.05) is 43.9 Å². The molecule has 0 radical (unpaired) electrons. The van der Waals surface area contributed by atoms with Gasteiger partial charge < -0.3 is 19.5 Å². The van der Waals surface area contributed by atoms with Crippen LogP contribution in [0.4, 0.5) is 4.79 Å². The van der Waals surface area contributed by atoms with E-state index in [1.54, 1.807) is 24.1 Å². The third-order valence-electron chi connectivity index (χ3n) is 7.12. The van der Waals surface area contributed by atoms with Crippen LogP contribution in [-0.4, -0.2) is 65.0 Å². The summed E-state index contributed by atoms with van der Waals surface area (Å²) in [5, 5.41) is 2.68. The minimum Gasteiger partial charge on any atom is -0.496 e. The molecule has 4 amide bonds. The van der Waals surface area contributed by atoms with Crippen LogP contribution in [0.3, 0.4) is 0 Å². The molecule has 1 unspecified atom stereocenters. The Morgan fingerprint density at radius 2 is 1.88 bits per heavy atom. The minimum absolute atomic E-state index is 0.000504. The summed E-state index contributed by atoms with van der Waals surface area (Å²) in [5.74, 6) is 0.507. The van der Waals surface area contributed by atoms with Crippen LogP contribution in [-0.2, 0) is 22.6 Å². The maximum atomic E-state index is 13.1. The summed E-state index contributed by atoms with van der Waals surface area (Å²) in [6, 6.07) is 11.5. The number of ether oxygens (including phenoxy) is 1. The first kappa shape index (κ1) is 22.2. The van der Waals surface area contributed by atoms with E-state index in [4.69, 9.17) is 4.74 Å². The van der Waals surface area contributed by atoms with Gasteiger partial charge in [-0.25, -0.2) is 4.79 Å². The molecule has 3 atom stereocenters. The number of piperidine rings is 1. The molecule has 0 aliphatic carbocycles. The molecule has 4 heterocycles. The van der Waals surface area contributed by atoms with Gasteiger partial charge in [-0.05, 0) is 36.5 Å². The van der Waals surface area contributed by atoms with Crippen LogP contribution in [0.1, 0.15) is 30.0 Å². The van der Waals surface area contributed by atoms with Crippen LogP contribution in [0.15, 0.2) is 47.3 Å². The number of benzene rings is 1. The van der Waals surface area contributed by atoms with Crippen molar-refractivity contribution in [1.29, 1.82) is 0 Å². The fourth-order valence-electron chi connectivity index (χ4n) is 5.47. The molecule has 178 valence electrons. The summed E-state index contributed by atoms with van der Waals surface area (Å²) in [6.07, 6.45) is 1.36. The number of rotatable bonds is 6. The van der Waals surface area contributed by atoms with Crippen molar-refractivity contribution in [2.45, 2.75) is 37.8 Å². The number of urea groups is 1. The highest BCUT2D eigenvalue weighted by molar-refractivity contribution is 6.05. The first-order valence-electron chi connectivity index (χ1n) is 11.7. The van der Waals surface area contributed by atoms with Crippen molar-refractivity contribution >= 4 is 17.8 Å². The van der Waals surface area contributed by atoms with Crippen LogP contribution < -0.4 is 15.6 Å². The lowest BCUT2D eigenvalue weighted by molar-refractivity contribution is -0.137. The number of aromatic nitrogens is 1. The lowest BCUT2D eigenvalue weighted by Crippen LogP contribution is -2.50. The van der Waals surface area contributed by atoms with Gasteiger partial charge in [-0.15, -0.1) is 0 Å². The Bertz CT molecular complexity index is 1190. The minimum atomic E-state index is -0.852. The van der Waals surface area contributed by atoms with E-state index in [9.17, 15) is 19.2 Å². The molecule has 5 rings (SSSR count). The van der Waals surface area contributed by atoms with Crippen LogP contribution in [0.2, 0.25) is 0 Å². The Labute approximate surface area is 197 Å². The van der Waals surface area contributed by atoms with E-state index < -0.39 is 12.1 Å². The molecular weight excluding hydrogens is 436 g/mol. The van der Waals surface area contributed by atoms with Crippen molar-refractivity contribution < 1.29 is 19.1 Å². The van der Waals surface area contributed by atoms with E-state index in [1.165, 1.54) is 4.90 Å². The number of carbonyl (C=O) groups excluding carboxylic acids is 3. The van der Waals surface area contributed by atoms with Crippen molar-refractivity contribution in [2.24, 2.45) is 5.92 Å². The average Bonchev–Trinajstić information content (AvgIpc) is 3.10. The first-order valence-corrected chi connectivity index (χ1v) is 11.7. The standard InChI is InChI=1S/C25H28N4O5/c1-34-21-7-3-2-5-17(21)9-10-28-24(32)19(26-25(28)33)12-23(31)27-13-16-11-18(15-27)20-6-4-8-22(30)29(20)14-16/h2-8,16,18-19H,9-15H2,1H3,(H,26,33)/t16-,18+,19?/m1/s1. The number of amides is 4. The summed E-state index contributed by atoms with van der Waals surface area (Å²) >= 11 is 0. The Morgan fingerprint density at radius 1 is 1.06 bits per heavy atom. The molecule has 2 aromatic rings. The SMILES string of the molecule is COc1ccccc1CCN1C(=O)NC(CC(=O)N2C[C@H]3C[C@@H](C2)c2cccc(=O)n2C3)C1=O. The number of methoxy groups -OCH3 is 1. The van der Waals surface area contributed by atoms with Gasteiger partial charge in [0.1, 0.15) is 11.8 Å². The third kappa shape index (κ3) is 4.06. The number of fused-ring (bicyclic) bond motifs is 4. The summed E-state index contributed by atoms with van der Waals surface area (Å²) in [6.45, 7) is 1.90. The number of imide groups is 1. The molecule has 3 aliphatic heterocycles. The molecule has 2 fully saturated rings. The summed E-state index contributed by atoms with van der Waals surface area (Å²) in [4.78, 5) is 53.7. The fraction of sp³-hybridized carbons (Fsp3) is 0.440. The zero-order valence-corrected chi connectivity index (χ0v) is 19.1. The largest absolute Gasteiger partial charge is 0.496 e. The Balaban J connectivity index is 1.21. The van der Waals surface area contributed by atoms with Crippen molar-refractivity contribution in [3.63, 3.8) is 0 Å². The van der Waals surface area contributed by atoms with Crippen LogP contribution >= 0.6 is 0 Å². The van der Waals surface area contributed by atoms with Gasteiger partial charge in [-0.1, -0.05) is 24.3 Å². The van der Waals surface area contributed by atoms with Crippen molar-refractivity contribution in [2.75, 3.05) is 26.7 Å². The van der Waals surface area contributed by atoms with E-state index in [0.29, 0.717) is 31.8 Å². The number of para-hydroxylation sites is 1. The van der Waals surface area contributed by atoms with Gasteiger partial charge in [-0.2, -0.15) is 0 Å². The van der Waals surface area contributed by atoms with Crippen molar-refractivity contribution in [1.82, 2.24) is 19.7 Å². The Kier molecular flexibility index (Phi) is 5.85. The fourth-order valence-corrected chi connectivity index (χ4v) is 5.47. The predicted molar refractivity (Wildman–Crippen MR) is 123 cm³/mol. The highest BCUT2D eigenvalue weighted by Gasteiger charge is 2.41. The molecule has 2 saturated heterocycles. The van der Waals surface area contributed by atoms with Gasteiger partial charge in [-0.3, -0.25) is 19.3 Å². The molecular formula is C25H28N4O5. The second-order valence-electron chi connectivity index (χ2n) is 9.25. The first-order chi connectivity index (χ1) is 16.4. The Morgan fingerprint density at radius 3 is 2.71 bits per heavy atom. The molecule has 0 spiro atoms. The van der Waals surface area contributed by atoms with E-state index >= 15 is 0 Å². The zero-order valence-electron chi connectivity index (χ0n) is 19.1. The van der Waals surface area contributed by atoms with Crippen LogP contribution in [0, 0.1) is 5.92 Å². The number of likely N-dealkylation sites (tertiary alicyclic amines) is 1. The van der Waals surface area contributed by atoms with Gasteiger partial charge in [0.05, 0.1) is 13.5 Å².